The number of nitrogens with zero attached hydrogens (tertiary/aromatic N) is 3. The lowest BCUT2D eigenvalue weighted by Gasteiger charge is -2.25. The van der Waals surface area contributed by atoms with Gasteiger partial charge in [-0.15, -0.1) is 0 Å². The molecule has 4 rings (SSSR count). The summed E-state index contributed by atoms with van der Waals surface area (Å²) in [6.45, 7) is 11.5. The second-order valence-corrected chi connectivity index (χ2v) is 9.37. The molecule has 0 bridgehead atoms. The number of hydrogen-bond donors (Lipinski definition) is 1. The SMILES string of the molecule is CCCN(Cc1nc2ccccc2n1-c1ccc(OCCO)cc1C)C(=O)c1c(C)cc(C)cc1C. The minimum Gasteiger partial charge on any atom is -0.491 e. The normalized spacial score (nSPS) is 11.2. The summed E-state index contributed by atoms with van der Waals surface area (Å²) < 4.78 is 7.75. The number of aryl methyl sites for hydroxylation is 4. The van der Waals surface area contributed by atoms with Gasteiger partial charge >= 0.3 is 0 Å². The Hall–Kier alpha value is -3.64. The van der Waals surface area contributed by atoms with Crippen LogP contribution in [0.4, 0.5) is 0 Å². The first-order chi connectivity index (χ1) is 17.3. The molecule has 0 spiro atoms. The van der Waals surface area contributed by atoms with Crippen LogP contribution in [0.5, 0.6) is 5.75 Å². The van der Waals surface area contributed by atoms with Crippen LogP contribution in [0.15, 0.2) is 54.6 Å². The molecule has 0 saturated heterocycles. The number of hydrogen-bond acceptors (Lipinski definition) is 4. The van der Waals surface area contributed by atoms with Crippen LogP contribution in [0.25, 0.3) is 16.7 Å². The number of aromatic nitrogens is 2. The molecule has 0 fully saturated rings. The Bertz CT molecular complexity index is 1370. The van der Waals surface area contributed by atoms with Crippen LogP contribution in [-0.4, -0.2) is 45.2 Å². The van der Waals surface area contributed by atoms with Gasteiger partial charge in [-0.05, 0) is 81.1 Å². The van der Waals surface area contributed by atoms with E-state index in [1.807, 2.05) is 62.1 Å². The highest BCUT2D eigenvalue weighted by Gasteiger charge is 2.23. The van der Waals surface area contributed by atoms with Gasteiger partial charge in [-0.1, -0.05) is 36.8 Å². The van der Waals surface area contributed by atoms with Gasteiger partial charge in [0.2, 0.25) is 0 Å². The zero-order chi connectivity index (χ0) is 25.8. The average Bonchev–Trinajstić information content (AvgIpc) is 3.19. The Labute approximate surface area is 213 Å². The molecular formula is C30H35N3O3. The standard InChI is InChI=1S/C30H35N3O3/c1-6-13-32(30(35)29-22(4)16-20(2)17-23(29)5)19-28-31-25-9-7-8-10-27(25)33(28)26-12-11-24(18-21(26)3)36-15-14-34/h7-12,16-18,34H,6,13-15,19H2,1-5H3. The van der Waals surface area contributed by atoms with Crippen LogP contribution in [0, 0.1) is 27.7 Å². The number of ether oxygens (including phenoxy) is 1. The third-order valence-corrected chi connectivity index (χ3v) is 6.40. The Morgan fingerprint density at radius 2 is 1.72 bits per heavy atom. The van der Waals surface area contributed by atoms with E-state index in [4.69, 9.17) is 14.8 Å². The minimum atomic E-state index is -0.0294. The topological polar surface area (TPSA) is 67.6 Å². The van der Waals surface area contributed by atoms with E-state index in [1.54, 1.807) is 0 Å². The minimum absolute atomic E-state index is 0.0294. The second-order valence-electron chi connectivity index (χ2n) is 9.37. The van der Waals surface area contributed by atoms with Gasteiger partial charge in [0.05, 0.1) is 29.9 Å². The van der Waals surface area contributed by atoms with E-state index in [0.717, 1.165) is 56.8 Å². The summed E-state index contributed by atoms with van der Waals surface area (Å²) in [7, 11) is 0. The molecule has 0 saturated carbocycles. The highest BCUT2D eigenvalue weighted by molar-refractivity contribution is 5.97. The Morgan fingerprint density at radius 1 is 1.00 bits per heavy atom. The lowest BCUT2D eigenvalue weighted by molar-refractivity contribution is 0.0737. The lowest BCUT2D eigenvalue weighted by atomic mass is 9.98. The summed E-state index contributed by atoms with van der Waals surface area (Å²) in [5.41, 5.74) is 7.83. The van der Waals surface area contributed by atoms with Crippen molar-refractivity contribution in [1.29, 1.82) is 0 Å². The molecule has 1 N–H and O–H groups in total. The summed E-state index contributed by atoms with van der Waals surface area (Å²) >= 11 is 0. The average molecular weight is 486 g/mol. The van der Waals surface area contributed by atoms with Crippen LogP contribution in [0.3, 0.4) is 0 Å². The maximum atomic E-state index is 13.8. The second kappa shape index (κ2) is 11.0. The first-order valence-corrected chi connectivity index (χ1v) is 12.5. The molecule has 36 heavy (non-hydrogen) atoms. The van der Waals surface area contributed by atoms with E-state index in [9.17, 15) is 4.79 Å². The lowest BCUT2D eigenvalue weighted by Crippen LogP contribution is -2.33. The van der Waals surface area contributed by atoms with Crippen LogP contribution in [0.1, 0.15) is 51.8 Å². The molecule has 4 aromatic rings. The molecule has 6 nitrogen and oxygen atoms in total. The number of aliphatic hydroxyl groups excluding tert-OH is 1. The largest absolute Gasteiger partial charge is 0.491 e. The first kappa shape index (κ1) is 25.5. The molecule has 6 heteroatoms. The highest BCUT2D eigenvalue weighted by Crippen LogP contribution is 2.28. The van der Waals surface area contributed by atoms with Crippen molar-refractivity contribution >= 4 is 16.9 Å². The summed E-state index contributed by atoms with van der Waals surface area (Å²) in [4.78, 5) is 20.7. The van der Waals surface area contributed by atoms with Crippen molar-refractivity contribution in [1.82, 2.24) is 14.5 Å². The van der Waals surface area contributed by atoms with Gasteiger partial charge in [-0.2, -0.15) is 0 Å². The number of amides is 1. The molecule has 188 valence electrons. The smallest absolute Gasteiger partial charge is 0.254 e. The maximum absolute atomic E-state index is 13.8. The number of carbonyl (C=O) groups is 1. The Morgan fingerprint density at radius 3 is 2.39 bits per heavy atom. The van der Waals surface area contributed by atoms with Crippen molar-refractivity contribution in [2.75, 3.05) is 19.8 Å². The third kappa shape index (κ3) is 5.14. The van der Waals surface area contributed by atoms with E-state index in [1.165, 1.54) is 0 Å². The predicted molar refractivity (Wildman–Crippen MR) is 144 cm³/mol. The van der Waals surface area contributed by atoms with Crippen molar-refractivity contribution in [3.05, 3.63) is 88.2 Å². The Kier molecular flexibility index (Phi) is 7.75. The van der Waals surface area contributed by atoms with Crippen LogP contribution in [-0.2, 0) is 6.54 Å². The summed E-state index contributed by atoms with van der Waals surface area (Å²) in [5, 5.41) is 9.09. The summed E-state index contributed by atoms with van der Waals surface area (Å²) in [5.74, 6) is 1.56. The van der Waals surface area contributed by atoms with Crippen molar-refractivity contribution in [3.8, 4) is 11.4 Å². The third-order valence-electron chi connectivity index (χ3n) is 6.40. The number of aliphatic hydroxyl groups is 1. The molecule has 1 heterocycles. The van der Waals surface area contributed by atoms with Gasteiger partial charge < -0.3 is 14.7 Å². The summed E-state index contributed by atoms with van der Waals surface area (Å²) in [6, 6.07) is 18.1. The molecule has 0 atom stereocenters. The Balaban J connectivity index is 1.78. The van der Waals surface area contributed by atoms with E-state index >= 15 is 0 Å². The van der Waals surface area contributed by atoms with Crippen molar-refractivity contribution in [2.45, 2.75) is 47.6 Å². The van der Waals surface area contributed by atoms with E-state index in [0.29, 0.717) is 18.8 Å². The van der Waals surface area contributed by atoms with Gasteiger partial charge in [0.15, 0.2) is 0 Å². The first-order valence-electron chi connectivity index (χ1n) is 12.5. The highest BCUT2D eigenvalue weighted by atomic mass is 16.5. The monoisotopic (exact) mass is 485 g/mol. The van der Waals surface area contributed by atoms with Gasteiger partial charge in [0.1, 0.15) is 18.2 Å². The number of imidazole rings is 1. The van der Waals surface area contributed by atoms with E-state index in [2.05, 4.69) is 36.6 Å². The quantitative estimate of drug-likeness (QED) is 0.331. The van der Waals surface area contributed by atoms with Gasteiger partial charge in [-0.3, -0.25) is 9.36 Å². The zero-order valence-corrected chi connectivity index (χ0v) is 21.8. The molecule has 0 aliphatic rings. The maximum Gasteiger partial charge on any atom is 0.254 e. The van der Waals surface area contributed by atoms with Crippen molar-refractivity contribution in [3.63, 3.8) is 0 Å². The zero-order valence-electron chi connectivity index (χ0n) is 21.8. The fourth-order valence-corrected chi connectivity index (χ4v) is 4.95. The van der Waals surface area contributed by atoms with E-state index < -0.39 is 0 Å². The molecule has 0 aliphatic carbocycles. The van der Waals surface area contributed by atoms with Crippen LogP contribution in [0.2, 0.25) is 0 Å². The van der Waals surface area contributed by atoms with Crippen LogP contribution < -0.4 is 4.74 Å². The predicted octanol–water partition coefficient (Wildman–Crippen LogP) is 5.68. The molecule has 1 aromatic heterocycles. The van der Waals surface area contributed by atoms with Gasteiger partial charge in [0.25, 0.3) is 5.91 Å². The van der Waals surface area contributed by atoms with Gasteiger partial charge in [-0.25, -0.2) is 4.98 Å². The number of carbonyl (C=O) groups excluding carboxylic acids is 1. The molecule has 0 radical (unpaired) electrons. The number of para-hydroxylation sites is 2. The fraction of sp³-hybridized carbons (Fsp3) is 0.333. The van der Waals surface area contributed by atoms with Crippen molar-refractivity contribution in [2.24, 2.45) is 0 Å². The van der Waals surface area contributed by atoms with Crippen molar-refractivity contribution < 1.29 is 14.6 Å². The summed E-state index contributed by atoms with van der Waals surface area (Å²) in [6.07, 6.45) is 0.853. The molecular weight excluding hydrogens is 450 g/mol. The van der Waals surface area contributed by atoms with E-state index in [-0.39, 0.29) is 19.1 Å². The molecule has 0 aliphatic heterocycles. The number of rotatable bonds is 9. The molecule has 3 aromatic carbocycles. The molecule has 0 unspecified atom stereocenters. The number of fused-ring (bicyclic) bond motifs is 1. The van der Waals surface area contributed by atoms with Crippen LogP contribution >= 0.6 is 0 Å². The fourth-order valence-electron chi connectivity index (χ4n) is 4.95. The molecule has 1 amide bonds. The van der Waals surface area contributed by atoms with Gasteiger partial charge in [0, 0.05) is 12.1 Å². The number of benzene rings is 3.